The van der Waals surface area contributed by atoms with Crippen LogP contribution in [0.15, 0.2) is 65.6 Å². The molecule has 1 fully saturated rings. The molecule has 1 amide bonds. The number of likely N-dealkylation sites (N-methyl/N-ethyl adjacent to an activating group) is 1. The van der Waals surface area contributed by atoms with Gasteiger partial charge in [0.25, 0.3) is 0 Å². The molecule has 0 N–H and O–H groups in total. The van der Waals surface area contributed by atoms with E-state index in [0.717, 1.165) is 43.2 Å². The summed E-state index contributed by atoms with van der Waals surface area (Å²) in [4.78, 5) is 18.7. The third kappa shape index (κ3) is 4.19. The Morgan fingerprint density at radius 1 is 0.958 bits per heavy atom. The Hall–Kier alpha value is -1.78. The Labute approximate surface area is 148 Å². The molecular weight excluding hydrogens is 316 g/mol. The highest BCUT2D eigenvalue weighted by molar-refractivity contribution is 8.00. The molecule has 0 radical (unpaired) electrons. The van der Waals surface area contributed by atoms with Gasteiger partial charge in [0, 0.05) is 31.1 Å². The van der Waals surface area contributed by atoms with Gasteiger partial charge in [-0.2, -0.15) is 0 Å². The van der Waals surface area contributed by atoms with Crippen molar-refractivity contribution >= 4 is 17.7 Å². The van der Waals surface area contributed by atoms with Crippen molar-refractivity contribution in [1.82, 2.24) is 9.80 Å². The lowest BCUT2D eigenvalue weighted by molar-refractivity contribution is -0.132. The van der Waals surface area contributed by atoms with E-state index in [1.807, 2.05) is 41.3 Å². The van der Waals surface area contributed by atoms with E-state index in [2.05, 4.69) is 36.1 Å². The number of rotatable bonds is 5. The van der Waals surface area contributed by atoms with E-state index in [-0.39, 0.29) is 11.2 Å². The molecule has 0 aliphatic carbocycles. The van der Waals surface area contributed by atoms with E-state index >= 15 is 0 Å². The zero-order valence-corrected chi connectivity index (χ0v) is 14.9. The Morgan fingerprint density at radius 2 is 1.54 bits per heavy atom. The summed E-state index contributed by atoms with van der Waals surface area (Å²) in [6, 6.07) is 20.3. The van der Waals surface area contributed by atoms with Gasteiger partial charge in [0.1, 0.15) is 5.25 Å². The first kappa shape index (κ1) is 17.1. The molecule has 126 valence electrons. The first-order valence-corrected chi connectivity index (χ1v) is 9.43. The zero-order valence-electron chi connectivity index (χ0n) is 14.1. The Morgan fingerprint density at radius 3 is 2.12 bits per heavy atom. The second kappa shape index (κ2) is 8.36. The van der Waals surface area contributed by atoms with Crippen LogP contribution in [-0.4, -0.2) is 48.4 Å². The molecule has 1 unspecified atom stereocenters. The molecular formula is C20H24N2OS. The second-order valence-corrected chi connectivity index (χ2v) is 7.16. The van der Waals surface area contributed by atoms with Crippen molar-refractivity contribution in [2.24, 2.45) is 0 Å². The number of nitrogens with zero attached hydrogens (tertiary/aromatic N) is 2. The average Bonchev–Trinajstić information content (AvgIpc) is 2.67. The highest BCUT2D eigenvalue weighted by Gasteiger charge is 2.29. The van der Waals surface area contributed by atoms with Crippen LogP contribution in [0.3, 0.4) is 0 Å². The molecule has 1 atom stereocenters. The quantitative estimate of drug-likeness (QED) is 0.776. The van der Waals surface area contributed by atoms with Crippen LogP contribution in [0.1, 0.15) is 17.7 Å². The predicted octanol–water partition coefficient (Wildman–Crippen LogP) is 3.68. The summed E-state index contributed by atoms with van der Waals surface area (Å²) in [5, 5.41) is -0.179. The fourth-order valence-corrected chi connectivity index (χ4v) is 4.10. The molecule has 3 rings (SSSR count). The molecule has 24 heavy (non-hydrogen) atoms. The smallest absolute Gasteiger partial charge is 0.240 e. The van der Waals surface area contributed by atoms with E-state index in [1.54, 1.807) is 11.8 Å². The molecule has 3 nitrogen and oxygen atoms in total. The average molecular weight is 340 g/mol. The van der Waals surface area contributed by atoms with Gasteiger partial charge in [0.2, 0.25) is 5.91 Å². The van der Waals surface area contributed by atoms with E-state index in [0.29, 0.717) is 0 Å². The normalized spacial score (nSPS) is 16.8. The summed E-state index contributed by atoms with van der Waals surface area (Å²) in [7, 11) is 0. The van der Waals surface area contributed by atoms with Gasteiger partial charge in [-0.25, -0.2) is 0 Å². The predicted molar refractivity (Wildman–Crippen MR) is 100 cm³/mol. The third-order valence-electron chi connectivity index (χ3n) is 4.45. The highest BCUT2D eigenvalue weighted by atomic mass is 32.2. The molecule has 1 saturated heterocycles. The molecule has 0 aromatic heterocycles. The maximum absolute atomic E-state index is 13.2. The van der Waals surface area contributed by atoms with Crippen LogP contribution >= 0.6 is 11.8 Å². The van der Waals surface area contributed by atoms with Gasteiger partial charge in [0.05, 0.1) is 0 Å². The maximum Gasteiger partial charge on any atom is 0.240 e. The summed E-state index contributed by atoms with van der Waals surface area (Å²) >= 11 is 1.65. The van der Waals surface area contributed by atoms with Crippen LogP contribution < -0.4 is 0 Å². The lowest BCUT2D eigenvalue weighted by Gasteiger charge is -2.36. The summed E-state index contributed by atoms with van der Waals surface area (Å²) in [6.07, 6.45) is 0. The van der Waals surface area contributed by atoms with Crippen molar-refractivity contribution < 1.29 is 4.79 Å². The molecule has 1 aliphatic heterocycles. The van der Waals surface area contributed by atoms with Crippen LogP contribution in [0, 0.1) is 0 Å². The zero-order chi connectivity index (χ0) is 16.8. The Bertz CT molecular complexity index is 639. The van der Waals surface area contributed by atoms with Crippen LogP contribution in [0.2, 0.25) is 0 Å². The third-order valence-corrected chi connectivity index (χ3v) is 5.71. The van der Waals surface area contributed by atoms with Gasteiger partial charge in [-0.3, -0.25) is 4.79 Å². The largest absolute Gasteiger partial charge is 0.339 e. The van der Waals surface area contributed by atoms with Crippen molar-refractivity contribution in [2.75, 3.05) is 32.7 Å². The lowest BCUT2D eigenvalue weighted by Crippen LogP contribution is -2.49. The van der Waals surface area contributed by atoms with Gasteiger partial charge in [-0.05, 0) is 24.2 Å². The first-order chi connectivity index (χ1) is 11.8. The molecule has 0 saturated carbocycles. The van der Waals surface area contributed by atoms with Gasteiger partial charge in [-0.15, -0.1) is 11.8 Å². The van der Waals surface area contributed by atoms with Crippen LogP contribution in [0.25, 0.3) is 0 Å². The number of carbonyl (C=O) groups excluding carboxylic acids is 1. The first-order valence-electron chi connectivity index (χ1n) is 8.55. The maximum atomic E-state index is 13.2. The minimum Gasteiger partial charge on any atom is -0.339 e. The topological polar surface area (TPSA) is 23.6 Å². The molecule has 1 aliphatic rings. The summed E-state index contributed by atoms with van der Waals surface area (Å²) in [5.74, 6) is 0.228. The van der Waals surface area contributed by atoms with Crippen molar-refractivity contribution in [3.8, 4) is 0 Å². The van der Waals surface area contributed by atoms with Gasteiger partial charge >= 0.3 is 0 Å². The number of piperazine rings is 1. The second-order valence-electron chi connectivity index (χ2n) is 5.98. The number of benzene rings is 2. The van der Waals surface area contributed by atoms with Crippen molar-refractivity contribution in [2.45, 2.75) is 17.1 Å². The molecule has 0 bridgehead atoms. The minimum absolute atomic E-state index is 0.179. The molecule has 4 heteroatoms. The van der Waals surface area contributed by atoms with E-state index in [1.165, 1.54) is 0 Å². The Kier molecular flexibility index (Phi) is 5.94. The number of hydrogen-bond donors (Lipinski definition) is 0. The van der Waals surface area contributed by atoms with Crippen LogP contribution in [0.5, 0.6) is 0 Å². The van der Waals surface area contributed by atoms with Crippen LogP contribution in [-0.2, 0) is 4.79 Å². The molecule has 1 heterocycles. The fourth-order valence-electron chi connectivity index (χ4n) is 2.97. The summed E-state index contributed by atoms with van der Waals surface area (Å²) in [5.41, 5.74) is 1.08. The van der Waals surface area contributed by atoms with Crippen molar-refractivity contribution in [1.29, 1.82) is 0 Å². The standard InChI is InChI=1S/C20H24N2OS/c1-2-21-13-15-22(16-14-21)20(23)19(17-9-5-3-6-10-17)24-18-11-7-4-8-12-18/h3-12,19H,2,13-16H2,1H3. The lowest BCUT2D eigenvalue weighted by atomic mass is 10.1. The van der Waals surface area contributed by atoms with Gasteiger partial charge in [-0.1, -0.05) is 55.5 Å². The van der Waals surface area contributed by atoms with Gasteiger partial charge in [0.15, 0.2) is 0 Å². The summed E-state index contributed by atoms with van der Waals surface area (Å²) < 4.78 is 0. The SMILES string of the molecule is CCN1CCN(C(=O)C(Sc2ccccc2)c2ccccc2)CC1. The van der Waals surface area contributed by atoms with E-state index in [4.69, 9.17) is 0 Å². The molecule has 2 aromatic carbocycles. The fraction of sp³-hybridized carbons (Fsp3) is 0.350. The number of thioether (sulfide) groups is 1. The number of carbonyl (C=O) groups is 1. The number of amides is 1. The minimum atomic E-state index is -0.179. The summed E-state index contributed by atoms with van der Waals surface area (Å²) in [6.45, 7) is 6.83. The van der Waals surface area contributed by atoms with Gasteiger partial charge < -0.3 is 9.80 Å². The van der Waals surface area contributed by atoms with E-state index in [9.17, 15) is 4.79 Å². The monoisotopic (exact) mass is 340 g/mol. The van der Waals surface area contributed by atoms with Crippen molar-refractivity contribution in [3.05, 3.63) is 66.2 Å². The molecule has 2 aromatic rings. The van der Waals surface area contributed by atoms with E-state index < -0.39 is 0 Å². The molecule has 0 spiro atoms. The highest BCUT2D eigenvalue weighted by Crippen LogP contribution is 2.36. The van der Waals surface area contributed by atoms with Crippen molar-refractivity contribution in [3.63, 3.8) is 0 Å². The Balaban J connectivity index is 1.78. The van der Waals surface area contributed by atoms with Crippen LogP contribution in [0.4, 0.5) is 0 Å². The number of hydrogen-bond acceptors (Lipinski definition) is 3.